The molecule has 0 spiro atoms. The van der Waals surface area contributed by atoms with E-state index >= 15 is 0 Å². The molecule has 0 amide bonds. The molecule has 1 saturated heterocycles. The third-order valence-corrected chi connectivity index (χ3v) is 4.41. The minimum absolute atomic E-state index is 0.197. The van der Waals surface area contributed by atoms with Gasteiger partial charge in [0.2, 0.25) is 0 Å². The number of aryl methyl sites for hydroxylation is 1. The number of aliphatic carboxylic acids is 1. The van der Waals surface area contributed by atoms with Crippen molar-refractivity contribution >= 4 is 16.7 Å². The average Bonchev–Trinajstić information content (AvgIpc) is 2.95. The Balaban J connectivity index is 1.74. The SMILES string of the molecule is CCc1ccc2cc(CN3CCC(C(=O)O)C3)ccc2c1. The average molecular weight is 283 g/mol. The van der Waals surface area contributed by atoms with Gasteiger partial charge in [0, 0.05) is 13.1 Å². The maximum atomic E-state index is 11.0. The Labute approximate surface area is 125 Å². The smallest absolute Gasteiger partial charge is 0.307 e. The predicted octanol–water partition coefficient (Wildman–Crippen LogP) is 3.31. The molecular formula is C18H21NO2. The van der Waals surface area contributed by atoms with Gasteiger partial charge < -0.3 is 5.11 Å². The lowest BCUT2D eigenvalue weighted by Crippen LogP contribution is -2.22. The molecule has 0 aromatic heterocycles. The van der Waals surface area contributed by atoms with Crippen molar-refractivity contribution in [1.29, 1.82) is 0 Å². The van der Waals surface area contributed by atoms with Crippen LogP contribution in [0.25, 0.3) is 10.8 Å². The molecule has 0 radical (unpaired) electrons. The Morgan fingerprint density at radius 2 is 1.86 bits per heavy atom. The molecule has 3 heteroatoms. The number of carboxylic acids is 1. The molecule has 2 aromatic rings. The maximum absolute atomic E-state index is 11.0. The first kappa shape index (κ1) is 14.1. The van der Waals surface area contributed by atoms with E-state index < -0.39 is 5.97 Å². The van der Waals surface area contributed by atoms with Crippen LogP contribution in [0.1, 0.15) is 24.5 Å². The van der Waals surface area contributed by atoms with Crippen molar-refractivity contribution < 1.29 is 9.90 Å². The zero-order valence-corrected chi connectivity index (χ0v) is 12.4. The van der Waals surface area contributed by atoms with Crippen LogP contribution in [0.15, 0.2) is 36.4 Å². The Hall–Kier alpha value is -1.87. The van der Waals surface area contributed by atoms with E-state index in [1.807, 2.05) is 0 Å². The van der Waals surface area contributed by atoms with Gasteiger partial charge in [-0.05, 0) is 47.4 Å². The lowest BCUT2D eigenvalue weighted by Gasteiger charge is -2.15. The quantitative estimate of drug-likeness (QED) is 0.936. The van der Waals surface area contributed by atoms with E-state index in [1.54, 1.807) is 0 Å². The van der Waals surface area contributed by atoms with E-state index in [0.717, 1.165) is 25.9 Å². The first-order valence-corrected chi connectivity index (χ1v) is 7.62. The summed E-state index contributed by atoms with van der Waals surface area (Å²) in [5.41, 5.74) is 2.62. The second-order valence-corrected chi connectivity index (χ2v) is 5.93. The summed E-state index contributed by atoms with van der Waals surface area (Å²) >= 11 is 0. The van der Waals surface area contributed by atoms with Crippen LogP contribution in [0.3, 0.4) is 0 Å². The zero-order valence-electron chi connectivity index (χ0n) is 12.4. The fraction of sp³-hybridized carbons (Fsp3) is 0.389. The molecule has 2 aromatic carbocycles. The van der Waals surface area contributed by atoms with Crippen molar-refractivity contribution in [2.24, 2.45) is 5.92 Å². The highest BCUT2D eigenvalue weighted by atomic mass is 16.4. The van der Waals surface area contributed by atoms with Gasteiger partial charge in [-0.3, -0.25) is 9.69 Å². The summed E-state index contributed by atoms with van der Waals surface area (Å²) < 4.78 is 0. The van der Waals surface area contributed by atoms with Gasteiger partial charge in [0.05, 0.1) is 5.92 Å². The summed E-state index contributed by atoms with van der Waals surface area (Å²) in [6, 6.07) is 13.2. The van der Waals surface area contributed by atoms with E-state index in [2.05, 4.69) is 48.2 Å². The highest BCUT2D eigenvalue weighted by molar-refractivity contribution is 5.83. The van der Waals surface area contributed by atoms with Gasteiger partial charge >= 0.3 is 5.97 Å². The van der Waals surface area contributed by atoms with Crippen molar-refractivity contribution in [3.8, 4) is 0 Å². The normalized spacial score (nSPS) is 19.2. The first-order valence-electron chi connectivity index (χ1n) is 7.62. The molecule has 110 valence electrons. The van der Waals surface area contributed by atoms with E-state index in [9.17, 15) is 4.79 Å². The Morgan fingerprint density at radius 1 is 1.19 bits per heavy atom. The second-order valence-electron chi connectivity index (χ2n) is 5.93. The Kier molecular flexibility index (Phi) is 3.93. The van der Waals surface area contributed by atoms with Gasteiger partial charge in [-0.2, -0.15) is 0 Å². The molecule has 21 heavy (non-hydrogen) atoms. The van der Waals surface area contributed by atoms with Crippen LogP contribution in [0.2, 0.25) is 0 Å². The van der Waals surface area contributed by atoms with E-state index in [0.29, 0.717) is 6.54 Å². The molecule has 1 fully saturated rings. The van der Waals surface area contributed by atoms with Crippen molar-refractivity contribution in [2.45, 2.75) is 26.3 Å². The summed E-state index contributed by atoms with van der Waals surface area (Å²) in [7, 11) is 0. The van der Waals surface area contributed by atoms with Gasteiger partial charge in [0.1, 0.15) is 0 Å². The molecule has 3 rings (SSSR count). The third-order valence-electron chi connectivity index (χ3n) is 4.41. The molecule has 3 nitrogen and oxygen atoms in total. The largest absolute Gasteiger partial charge is 0.481 e. The number of nitrogens with zero attached hydrogens (tertiary/aromatic N) is 1. The van der Waals surface area contributed by atoms with Crippen molar-refractivity contribution in [3.63, 3.8) is 0 Å². The Bertz CT molecular complexity index is 665. The minimum atomic E-state index is -0.664. The van der Waals surface area contributed by atoms with Crippen molar-refractivity contribution in [3.05, 3.63) is 47.5 Å². The molecule has 1 aliphatic rings. The number of rotatable bonds is 4. The van der Waals surface area contributed by atoms with Gasteiger partial charge in [-0.25, -0.2) is 0 Å². The minimum Gasteiger partial charge on any atom is -0.481 e. The summed E-state index contributed by atoms with van der Waals surface area (Å²) in [6.45, 7) is 4.56. The van der Waals surface area contributed by atoms with Crippen LogP contribution in [-0.4, -0.2) is 29.1 Å². The fourth-order valence-corrected chi connectivity index (χ4v) is 3.10. The topological polar surface area (TPSA) is 40.5 Å². The molecule has 0 saturated carbocycles. The number of benzene rings is 2. The van der Waals surface area contributed by atoms with Gasteiger partial charge in [-0.15, -0.1) is 0 Å². The lowest BCUT2D eigenvalue weighted by atomic mass is 10.0. The van der Waals surface area contributed by atoms with E-state index in [-0.39, 0.29) is 5.92 Å². The van der Waals surface area contributed by atoms with Gasteiger partial charge in [-0.1, -0.05) is 37.3 Å². The molecule has 1 heterocycles. The van der Waals surface area contributed by atoms with Crippen LogP contribution >= 0.6 is 0 Å². The van der Waals surface area contributed by atoms with Crippen LogP contribution < -0.4 is 0 Å². The van der Waals surface area contributed by atoms with E-state index in [4.69, 9.17) is 5.11 Å². The molecule has 1 atom stereocenters. The lowest BCUT2D eigenvalue weighted by molar-refractivity contribution is -0.141. The molecule has 1 aliphatic heterocycles. The van der Waals surface area contributed by atoms with Crippen molar-refractivity contribution in [2.75, 3.05) is 13.1 Å². The number of fused-ring (bicyclic) bond motifs is 1. The monoisotopic (exact) mass is 283 g/mol. The third kappa shape index (κ3) is 3.08. The van der Waals surface area contributed by atoms with Crippen LogP contribution in [0, 0.1) is 5.92 Å². The molecule has 0 bridgehead atoms. The summed E-state index contributed by atoms with van der Waals surface area (Å²) in [5.74, 6) is -0.860. The summed E-state index contributed by atoms with van der Waals surface area (Å²) in [4.78, 5) is 13.2. The van der Waals surface area contributed by atoms with Gasteiger partial charge in [0.25, 0.3) is 0 Å². The Morgan fingerprint density at radius 3 is 2.48 bits per heavy atom. The van der Waals surface area contributed by atoms with Crippen LogP contribution in [0.4, 0.5) is 0 Å². The molecule has 0 aliphatic carbocycles. The number of hydrogen-bond donors (Lipinski definition) is 1. The fourth-order valence-electron chi connectivity index (χ4n) is 3.10. The van der Waals surface area contributed by atoms with Gasteiger partial charge in [0.15, 0.2) is 0 Å². The predicted molar refractivity (Wildman–Crippen MR) is 84.3 cm³/mol. The molecule has 1 unspecified atom stereocenters. The summed E-state index contributed by atoms with van der Waals surface area (Å²) in [6.07, 6.45) is 1.82. The molecule has 1 N–H and O–H groups in total. The first-order chi connectivity index (χ1) is 10.2. The second kappa shape index (κ2) is 5.86. The maximum Gasteiger partial charge on any atom is 0.307 e. The standard InChI is InChI=1S/C18H21NO2/c1-2-13-3-5-16-10-14(4-6-15(16)9-13)11-19-8-7-17(12-19)18(20)21/h3-6,9-10,17H,2,7-8,11-12H2,1H3,(H,20,21). The summed E-state index contributed by atoms with van der Waals surface area (Å²) in [5, 5.41) is 11.6. The zero-order chi connectivity index (χ0) is 14.8. The number of likely N-dealkylation sites (tertiary alicyclic amines) is 1. The van der Waals surface area contributed by atoms with E-state index in [1.165, 1.54) is 21.9 Å². The highest BCUT2D eigenvalue weighted by Crippen LogP contribution is 2.22. The number of carbonyl (C=O) groups is 1. The van der Waals surface area contributed by atoms with Crippen LogP contribution in [-0.2, 0) is 17.8 Å². The molecular weight excluding hydrogens is 262 g/mol. The number of hydrogen-bond acceptors (Lipinski definition) is 2. The highest BCUT2D eigenvalue weighted by Gasteiger charge is 2.27. The number of carboxylic acid groups (broad SMARTS) is 1. The van der Waals surface area contributed by atoms with Crippen molar-refractivity contribution in [1.82, 2.24) is 4.90 Å². The van der Waals surface area contributed by atoms with Crippen LogP contribution in [0.5, 0.6) is 0 Å².